The summed E-state index contributed by atoms with van der Waals surface area (Å²) in [6.07, 6.45) is 1.11. The zero-order valence-corrected chi connectivity index (χ0v) is 10.2. The van der Waals surface area contributed by atoms with Crippen LogP contribution in [0.4, 0.5) is 0 Å². The second-order valence-electron chi connectivity index (χ2n) is 3.81. The highest BCUT2D eigenvalue weighted by atomic mass is 16.1. The van der Waals surface area contributed by atoms with Gasteiger partial charge in [0.15, 0.2) is 0 Å². The maximum atomic E-state index is 11.8. The monoisotopic (exact) mass is 224 g/mol. The van der Waals surface area contributed by atoms with E-state index in [0.29, 0.717) is 12.1 Å². The number of amides is 1. The Morgan fingerprint density at radius 3 is 2.62 bits per heavy atom. The number of H-pyrrole nitrogens is 1. The van der Waals surface area contributed by atoms with Gasteiger partial charge in [-0.2, -0.15) is 5.10 Å². The summed E-state index contributed by atoms with van der Waals surface area (Å²) < 4.78 is 0. The van der Waals surface area contributed by atoms with Gasteiger partial charge in [0, 0.05) is 18.8 Å². The number of carbonyl (C=O) groups is 1. The molecule has 0 atom stereocenters. The maximum absolute atomic E-state index is 11.8. The Morgan fingerprint density at radius 1 is 1.31 bits per heavy atom. The molecule has 0 saturated carbocycles. The van der Waals surface area contributed by atoms with Crippen molar-refractivity contribution in [2.45, 2.75) is 27.2 Å². The number of nitrogens with one attached hydrogen (secondary N) is 3. The number of rotatable bonds is 6. The van der Waals surface area contributed by atoms with Gasteiger partial charge in [0.25, 0.3) is 5.91 Å². The van der Waals surface area contributed by atoms with Crippen LogP contribution < -0.4 is 10.6 Å². The fraction of sp³-hybridized carbons (Fsp3) is 0.636. The molecule has 0 aliphatic carbocycles. The van der Waals surface area contributed by atoms with Crippen LogP contribution in [0.3, 0.4) is 0 Å². The maximum Gasteiger partial charge on any atom is 0.255 e. The fourth-order valence-electron chi connectivity index (χ4n) is 1.54. The molecule has 0 aliphatic rings. The van der Waals surface area contributed by atoms with Crippen LogP contribution in [0.1, 0.15) is 35.1 Å². The van der Waals surface area contributed by atoms with Gasteiger partial charge in [0.1, 0.15) is 0 Å². The molecule has 1 amide bonds. The lowest BCUT2D eigenvalue weighted by molar-refractivity contribution is 0.0953. The molecule has 0 unspecified atom stereocenters. The van der Waals surface area contributed by atoms with E-state index >= 15 is 0 Å². The van der Waals surface area contributed by atoms with Crippen molar-refractivity contribution in [3.05, 3.63) is 17.0 Å². The molecule has 16 heavy (non-hydrogen) atoms. The van der Waals surface area contributed by atoms with Crippen LogP contribution in [0.2, 0.25) is 0 Å². The van der Waals surface area contributed by atoms with Crippen LogP contribution in [-0.2, 0) is 0 Å². The molecule has 0 aromatic carbocycles. The molecule has 0 saturated heterocycles. The molecule has 1 aromatic heterocycles. The van der Waals surface area contributed by atoms with E-state index < -0.39 is 0 Å². The van der Waals surface area contributed by atoms with E-state index in [-0.39, 0.29) is 5.91 Å². The van der Waals surface area contributed by atoms with Gasteiger partial charge in [-0.3, -0.25) is 9.89 Å². The van der Waals surface area contributed by atoms with Crippen LogP contribution in [0.5, 0.6) is 0 Å². The average Bonchev–Trinajstić information content (AvgIpc) is 2.58. The zero-order valence-electron chi connectivity index (χ0n) is 10.2. The van der Waals surface area contributed by atoms with Gasteiger partial charge in [-0.05, 0) is 26.8 Å². The van der Waals surface area contributed by atoms with E-state index in [1.807, 2.05) is 13.8 Å². The third-order valence-corrected chi connectivity index (χ3v) is 2.37. The van der Waals surface area contributed by atoms with Gasteiger partial charge in [0.2, 0.25) is 0 Å². The lowest BCUT2D eigenvalue weighted by Crippen LogP contribution is -2.32. The Labute approximate surface area is 96.0 Å². The lowest BCUT2D eigenvalue weighted by atomic mass is 10.2. The molecule has 1 aromatic rings. The summed E-state index contributed by atoms with van der Waals surface area (Å²) in [6, 6.07) is 0. The fourth-order valence-corrected chi connectivity index (χ4v) is 1.54. The number of carbonyl (C=O) groups excluding carboxylic acids is 1. The van der Waals surface area contributed by atoms with Gasteiger partial charge in [0.05, 0.1) is 11.3 Å². The largest absolute Gasteiger partial charge is 0.351 e. The summed E-state index contributed by atoms with van der Waals surface area (Å²) in [5.41, 5.74) is 2.23. The van der Waals surface area contributed by atoms with Crippen molar-refractivity contribution in [3.8, 4) is 0 Å². The number of aromatic nitrogens is 2. The predicted molar refractivity (Wildman–Crippen MR) is 63.6 cm³/mol. The standard InChI is InChI=1S/C11H20N4O/c1-4-5-12-6-7-13-11(16)10-8(2)14-15-9(10)3/h12H,4-7H2,1-3H3,(H,13,16)(H,14,15). The molecule has 90 valence electrons. The molecule has 5 nitrogen and oxygen atoms in total. The van der Waals surface area contributed by atoms with E-state index in [0.717, 1.165) is 30.9 Å². The summed E-state index contributed by atoms with van der Waals surface area (Å²) in [6.45, 7) is 8.22. The summed E-state index contributed by atoms with van der Waals surface area (Å²) in [7, 11) is 0. The van der Waals surface area contributed by atoms with Crippen LogP contribution in [0, 0.1) is 13.8 Å². The highest BCUT2D eigenvalue weighted by Crippen LogP contribution is 2.08. The lowest BCUT2D eigenvalue weighted by Gasteiger charge is -2.06. The van der Waals surface area contributed by atoms with Crippen molar-refractivity contribution in [2.75, 3.05) is 19.6 Å². The van der Waals surface area contributed by atoms with E-state index in [1.54, 1.807) is 0 Å². The normalized spacial score (nSPS) is 10.4. The first-order chi connectivity index (χ1) is 7.66. The Balaban J connectivity index is 2.36. The average molecular weight is 224 g/mol. The van der Waals surface area contributed by atoms with E-state index in [4.69, 9.17) is 0 Å². The minimum Gasteiger partial charge on any atom is -0.351 e. The summed E-state index contributed by atoms with van der Waals surface area (Å²) in [5.74, 6) is -0.0537. The molecule has 0 radical (unpaired) electrons. The van der Waals surface area contributed by atoms with Crippen LogP contribution in [-0.4, -0.2) is 35.7 Å². The first-order valence-corrected chi connectivity index (χ1v) is 5.67. The van der Waals surface area contributed by atoms with E-state index in [1.165, 1.54) is 0 Å². The summed E-state index contributed by atoms with van der Waals surface area (Å²) >= 11 is 0. The van der Waals surface area contributed by atoms with Crippen molar-refractivity contribution in [1.82, 2.24) is 20.8 Å². The number of hydrogen-bond acceptors (Lipinski definition) is 3. The van der Waals surface area contributed by atoms with Crippen molar-refractivity contribution in [3.63, 3.8) is 0 Å². The van der Waals surface area contributed by atoms with Crippen LogP contribution >= 0.6 is 0 Å². The third-order valence-electron chi connectivity index (χ3n) is 2.37. The summed E-state index contributed by atoms with van der Waals surface area (Å²) in [5, 5.41) is 12.9. The zero-order chi connectivity index (χ0) is 12.0. The molecule has 0 spiro atoms. The minimum atomic E-state index is -0.0537. The Morgan fingerprint density at radius 2 is 2.06 bits per heavy atom. The minimum absolute atomic E-state index is 0.0537. The molecular formula is C11H20N4O. The number of aryl methyl sites for hydroxylation is 2. The Bertz CT molecular complexity index is 326. The van der Waals surface area contributed by atoms with Gasteiger partial charge in [-0.15, -0.1) is 0 Å². The van der Waals surface area contributed by atoms with Gasteiger partial charge < -0.3 is 10.6 Å². The second-order valence-corrected chi connectivity index (χ2v) is 3.81. The smallest absolute Gasteiger partial charge is 0.255 e. The Hall–Kier alpha value is -1.36. The van der Waals surface area contributed by atoms with Gasteiger partial charge in [-0.1, -0.05) is 6.92 Å². The van der Waals surface area contributed by atoms with Gasteiger partial charge in [-0.25, -0.2) is 0 Å². The second kappa shape index (κ2) is 6.27. The molecule has 0 fully saturated rings. The van der Waals surface area contributed by atoms with Crippen LogP contribution in [0.15, 0.2) is 0 Å². The highest BCUT2D eigenvalue weighted by molar-refractivity contribution is 5.96. The number of hydrogen-bond donors (Lipinski definition) is 3. The van der Waals surface area contributed by atoms with Crippen molar-refractivity contribution in [1.29, 1.82) is 0 Å². The first-order valence-electron chi connectivity index (χ1n) is 5.67. The highest BCUT2D eigenvalue weighted by Gasteiger charge is 2.13. The van der Waals surface area contributed by atoms with Crippen LogP contribution in [0.25, 0.3) is 0 Å². The summed E-state index contributed by atoms with van der Waals surface area (Å²) in [4.78, 5) is 11.8. The molecular weight excluding hydrogens is 204 g/mol. The molecule has 1 rings (SSSR count). The predicted octanol–water partition coefficient (Wildman–Crippen LogP) is 0.756. The SMILES string of the molecule is CCCNCCNC(=O)c1c(C)n[nH]c1C. The third kappa shape index (κ3) is 3.34. The van der Waals surface area contributed by atoms with Crippen molar-refractivity contribution in [2.24, 2.45) is 0 Å². The van der Waals surface area contributed by atoms with Crippen molar-refractivity contribution >= 4 is 5.91 Å². The Kier molecular flexibility index (Phi) is 4.98. The quantitative estimate of drug-likeness (QED) is 0.625. The number of nitrogens with zero attached hydrogens (tertiary/aromatic N) is 1. The topological polar surface area (TPSA) is 69.8 Å². The number of aromatic amines is 1. The van der Waals surface area contributed by atoms with Crippen molar-refractivity contribution < 1.29 is 4.79 Å². The van der Waals surface area contributed by atoms with E-state index in [9.17, 15) is 4.79 Å². The molecule has 0 bridgehead atoms. The molecule has 1 heterocycles. The molecule has 3 N–H and O–H groups in total. The van der Waals surface area contributed by atoms with E-state index in [2.05, 4.69) is 27.8 Å². The van der Waals surface area contributed by atoms with Gasteiger partial charge >= 0.3 is 0 Å². The molecule has 5 heteroatoms. The molecule has 0 aliphatic heterocycles. The first kappa shape index (κ1) is 12.7.